The van der Waals surface area contributed by atoms with Crippen molar-refractivity contribution in [2.45, 2.75) is 38.6 Å². The van der Waals surface area contributed by atoms with E-state index in [-0.39, 0.29) is 5.91 Å². The van der Waals surface area contributed by atoms with Gasteiger partial charge in [0.2, 0.25) is 5.91 Å². The minimum absolute atomic E-state index is 0.112. The van der Waals surface area contributed by atoms with E-state index in [2.05, 4.69) is 24.3 Å². The number of hydrogen-bond acceptors (Lipinski definition) is 2. The van der Waals surface area contributed by atoms with Gasteiger partial charge in [-0.1, -0.05) is 0 Å². The second-order valence-corrected chi connectivity index (χ2v) is 4.68. The molecule has 82 valence electrons. The van der Waals surface area contributed by atoms with Crippen LogP contribution in [0.3, 0.4) is 0 Å². The van der Waals surface area contributed by atoms with E-state index in [0.29, 0.717) is 6.04 Å². The minimum atomic E-state index is 0.112. The number of carbonyl (C=O) groups is 1. The first-order valence-corrected chi connectivity index (χ1v) is 5.49. The Labute approximate surface area is 86.9 Å². The lowest BCUT2D eigenvalue weighted by atomic mass is 9.86. The van der Waals surface area contributed by atoms with Crippen molar-refractivity contribution < 1.29 is 4.79 Å². The Bertz CT molecular complexity index is 184. The summed E-state index contributed by atoms with van der Waals surface area (Å²) in [6.07, 6.45) is 4.81. The molecule has 0 heterocycles. The van der Waals surface area contributed by atoms with Crippen molar-refractivity contribution in [3.8, 4) is 0 Å². The summed E-state index contributed by atoms with van der Waals surface area (Å²) in [6, 6.07) is 0.436. The first-order valence-electron chi connectivity index (χ1n) is 5.49. The highest BCUT2D eigenvalue weighted by Gasteiger charge is 2.21. The van der Waals surface area contributed by atoms with Crippen LogP contribution in [-0.4, -0.2) is 37.5 Å². The van der Waals surface area contributed by atoms with Gasteiger partial charge in [-0.3, -0.25) is 4.79 Å². The maximum absolute atomic E-state index is 10.9. The molecule has 0 bridgehead atoms. The smallest absolute Gasteiger partial charge is 0.217 e. The molecule has 1 rings (SSSR count). The molecular weight excluding hydrogens is 176 g/mol. The van der Waals surface area contributed by atoms with E-state index in [0.717, 1.165) is 18.8 Å². The zero-order chi connectivity index (χ0) is 10.6. The molecule has 1 fully saturated rings. The van der Waals surface area contributed by atoms with E-state index in [1.165, 1.54) is 19.4 Å². The van der Waals surface area contributed by atoms with Gasteiger partial charge in [0, 0.05) is 19.5 Å². The average Bonchev–Trinajstić information content (AvgIpc) is 2.06. The molecule has 14 heavy (non-hydrogen) atoms. The lowest BCUT2D eigenvalue weighted by Gasteiger charge is -2.30. The molecule has 0 spiro atoms. The highest BCUT2D eigenvalue weighted by Crippen LogP contribution is 2.24. The highest BCUT2D eigenvalue weighted by atomic mass is 16.1. The molecule has 1 N–H and O–H groups in total. The van der Waals surface area contributed by atoms with E-state index >= 15 is 0 Å². The fraction of sp³-hybridized carbons (Fsp3) is 0.909. The summed E-state index contributed by atoms with van der Waals surface area (Å²) < 4.78 is 0. The summed E-state index contributed by atoms with van der Waals surface area (Å²) in [6.45, 7) is 2.79. The van der Waals surface area contributed by atoms with Crippen LogP contribution in [0.15, 0.2) is 0 Å². The predicted molar refractivity (Wildman–Crippen MR) is 58.1 cm³/mol. The van der Waals surface area contributed by atoms with Gasteiger partial charge in [0.25, 0.3) is 0 Å². The van der Waals surface area contributed by atoms with Gasteiger partial charge in [-0.25, -0.2) is 0 Å². The van der Waals surface area contributed by atoms with Gasteiger partial charge in [0.1, 0.15) is 0 Å². The molecule has 0 aromatic rings. The van der Waals surface area contributed by atoms with Crippen LogP contribution in [0.4, 0.5) is 0 Å². The van der Waals surface area contributed by atoms with Gasteiger partial charge in [-0.2, -0.15) is 0 Å². The third kappa shape index (κ3) is 4.09. The Morgan fingerprint density at radius 3 is 2.29 bits per heavy atom. The van der Waals surface area contributed by atoms with E-state index in [4.69, 9.17) is 0 Å². The standard InChI is InChI=1S/C11H22N2O/c1-9(14)12-11-6-4-10(5-7-11)8-13(2)3/h10-11H,4-8H2,1-3H3,(H,12,14)/t10-,11-. The number of carbonyl (C=O) groups excluding carboxylic acids is 1. The van der Waals surface area contributed by atoms with Gasteiger partial charge in [-0.15, -0.1) is 0 Å². The SMILES string of the molecule is CC(=O)N[C@H]1CC[C@H](CN(C)C)CC1. The first-order chi connectivity index (χ1) is 6.58. The van der Waals surface area contributed by atoms with Crippen LogP contribution in [0.2, 0.25) is 0 Å². The normalized spacial score (nSPS) is 27.7. The summed E-state index contributed by atoms with van der Waals surface area (Å²) in [5.74, 6) is 0.941. The van der Waals surface area contributed by atoms with Crippen molar-refractivity contribution in [1.29, 1.82) is 0 Å². The Morgan fingerprint density at radius 1 is 1.29 bits per heavy atom. The Kier molecular flexibility index (Phi) is 4.39. The molecule has 0 radical (unpaired) electrons. The molecule has 1 aliphatic carbocycles. The molecule has 3 nitrogen and oxygen atoms in total. The monoisotopic (exact) mass is 198 g/mol. The minimum Gasteiger partial charge on any atom is -0.354 e. The van der Waals surface area contributed by atoms with Gasteiger partial charge >= 0.3 is 0 Å². The van der Waals surface area contributed by atoms with Crippen LogP contribution in [0.1, 0.15) is 32.6 Å². The van der Waals surface area contributed by atoms with Crippen molar-refractivity contribution in [2.75, 3.05) is 20.6 Å². The average molecular weight is 198 g/mol. The van der Waals surface area contributed by atoms with Gasteiger partial charge in [0.05, 0.1) is 0 Å². The molecule has 0 aromatic heterocycles. The molecule has 3 heteroatoms. The van der Waals surface area contributed by atoms with Crippen molar-refractivity contribution in [1.82, 2.24) is 10.2 Å². The number of amides is 1. The zero-order valence-corrected chi connectivity index (χ0v) is 9.55. The number of rotatable bonds is 3. The molecule has 1 saturated carbocycles. The largest absolute Gasteiger partial charge is 0.354 e. The fourth-order valence-electron chi connectivity index (χ4n) is 2.29. The number of hydrogen-bond donors (Lipinski definition) is 1. The Balaban J connectivity index is 2.21. The molecule has 0 atom stereocenters. The van der Waals surface area contributed by atoms with Gasteiger partial charge < -0.3 is 10.2 Å². The summed E-state index contributed by atoms with van der Waals surface area (Å²) in [7, 11) is 4.25. The van der Waals surface area contributed by atoms with Crippen LogP contribution in [0.25, 0.3) is 0 Å². The highest BCUT2D eigenvalue weighted by molar-refractivity contribution is 5.73. The predicted octanol–water partition coefficient (Wildman–Crippen LogP) is 1.24. The molecular formula is C11H22N2O. The number of nitrogens with one attached hydrogen (secondary N) is 1. The van der Waals surface area contributed by atoms with Crippen molar-refractivity contribution >= 4 is 5.91 Å². The Morgan fingerprint density at radius 2 is 1.86 bits per heavy atom. The summed E-state index contributed by atoms with van der Waals surface area (Å²) >= 11 is 0. The number of nitrogens with zero attached hydrogens (tertiary/aromatic N) is 1. The maximum Gasteiger partial charge on any atom is 0.217 e. The summed E-state index contributed by atoms with van der Waals surface area (Å²) in [5, 5.41) is 3.00. The van der Waals surface area contributed by atoms with Crippen LogP contribution in [0, 0.1) is 5.92 Å². The Hall–Kier alpha value is -0.570. The van der Waals surface area contributed by atoms with E-state index in [9.17, 15) is 4.79 Å². The lowest BCUT2D eigenvalue weighted by molar-refractivity contribution is -0.119. The third-order valence-corrected chi connectivity index (χ3v) is 2.88. The first kappa shape index (κ1) is 11.5. The van der Waals surface area contributed by atoms with E-state index < -0.39 is 0 Å². The summed E-state index contributed by atoms with van der Waals surface area (Å²) in [5.41, 5.74) is 0. The quantitative estimate of drug-likeness (QED) is 0.740. The second-order valence-electron chi connectivity index (χ2n) is 4.68. The second kappa shape index (κ2) is 5.35. The summed E-state index contributed by atoms with van der Waals surface area (Å²) in [4.78, 5) is 13.1. The molecule has 1 aliphatic rings. The van der Waals surface area contributed by atoms with Crippen LogP contribution in [-0.2, 0) is 4.79 Å². The van der Waals surface area contributed by atoms with Crippen molar-refractivity contribution in [3.63, 3.8) is 0 Å². The zero-order valence-electron chi connectivity index (χ0n) is 9.55. The molecule has 0 aromatic carbocycles. The fourth-order valence-corrected chi connectivity index (χ4v) is 2.29. The van der Waals surface area contributed by atoms with E-state index in [1.54, 1.807) is 6.92 Å². The lowest BCUT2D eigenvalue weighted by Crippen LogP contribution is -2.37. The van der Waals surface area contributed by atoms with E-state index in [1.807, 2.05) is 0 Å². The van der Waals surface area contributed by atoms with Crippen LogP contribution < -0.4 is 5.32 Å². The van der Waals surface area contributed by atoms with Gasteiger partial charge in [0.15, 0.2) is 0 Å². The molecule has 0 aliphatic heterocycles. The van der Waals surface area contributed by atoms with Gasteiger partial charge in [-0.05, 0) is 45.7 Å². The molecule has 0 saturated heterocycles. The topological polar surface area (TPSA) is 32.3 Å². The third-order valence-electron chi connectivity index (χ3n) is 2.88. The van der Waals surface area contributed by atoms with Crippen LogP contribution >= 0.6 is 0 Å². The van der Waals surface area contributed by atoms with Crippen molar-refractivity contribution in [3.05, 3.63) is 0 Å². The molecule has 1 amide bonds. The van der Waals surface area contributed by atoms with Crippen LogP contribution in [0.5, 0.6) is 0 Å². The maximum atomic E-state index is 10.9. The molecule has 0 unspecified atom stereocenters. The van der Waals surface area contributed by atoms with Crippen molar-refractivity contribution in [2.24, 2.45) is 5.92 Å².